The molecule has 2 fully saturated rings. The number of hydrogen-bond donors (Lipinski definition) is 0. The molecule has 5 rings (SSSR count). The van der Waals surface area contributed by atoms with Crippen molar-refractivity contribution in [3.05, 3.63) is 83.6 Å². The molecule has 32 heavy (non-hydrogen) atoms. The Kier molecular flexibility index (Phi) is 5.20. The predicted octanol–water partition coefficient (Wildman–Crippen LogP) is 4.64. The lowest BCUT2D eigenvalue weighted by Crippen LogP contribution is -2.45. The number of nitrogens with zero attached hydrogens (tertiary/aromatic N) is 2. The fourth-order valence-electron chi connectivity index (χ4n) is 5.79. The van der Waals surface area contributed by atoms with E-state index in [1.165, 1.54) is 4.90 Å². The highest BCUT2D eigenvalue weighted by atomic mass is 16.2. The molecule has 0 radical (unpaired) electrons. The van der Waals surface area contributed by atoms with Gasteiger partial charge in [-0.05, 0) is 37.8 Å². The van der Waals surface area contributed by atoms with Crippen molar-refractivity contribution in [3.63, 3.8) is 0 Å². The molecular weight excluding hydrogens is 400 g/mol. The molecule has 0 N–H and O–H groups in total. The van der Waals surface area contributed by atoms with Gasteiger partial charge in [0.15, 0.2) is 0 Å². The molecule has 0 spiro atoms. The van der Waals surface area contributed by atoms with Gasteiger partial charge in [-0.3, -0.25) is 19.3 Å². The topological polar surface area (TPSA) is 57.7 Å². The second-order valence-electron chi connectivity index (χ2n) is 9.13. The van der Waals surface area contributed by atoms with Crippen LogP contribution in [0.4, 0.5) is 0 Å². The van der Waals surface area contributed by atoms with Crippen molar-refractivity contribution in [2.45, 2.75) is 45.2 Å². The van der Waals surface area contributed by atoms with Gasteiger partial charge < -0.3 is 4.90 Å². The van der Waals surface area contributed by atoms with E-state index in [2.05, 4.69) is 0 Å². The first-order valence-corrected chi connectivity index (χ1v) is 11.5. The summed E-state index contributed by atoms with van der Waals surface area (Å²) in [6.45, 7) is 3.96. The zero-order valence-corrected chi connectivity index (χ0v) is 18.5. The van der Waals surface area contributed by atoms with Crippen LogP contribution in [-0.2, 0) is 14.4 Å². The van der Waals surface area contributed by atoms with Crippen molar-refractivity contribution in [3.8, 4) is 0 Å². The highest BCUT2D eigenvalue weighted by Crippen LogP contribution is 2.49. The third-order valence-corrected chi connectivity index (χ3v) is 7.46. The Balaban J connectivity index is 1.46. The molecule has 1 aliphatic carbocycles. The van der Waals surface area contributed by atoms with Gasteiger partial charge in [0.1, 0.15) is 0 Å². The fourth-order valence-corrected chi connectivity index (χ4v) is 5.79. The first-order chi connectivity index (χ1) is 15.5. The Labute approximate surface area is 188 Å². The van der Waals surface area contributed by atoms with Gasteiger partial charge in [0.2, 0.25) is 17.7 Å². The normalized spacial score (nSPS) is 27.0. The molecule has 0 unspecified atom stereocenters. The number of hydrogen-bond acceptors (Lipinski definition) is 3. The molecule has 2 saturated heterocycles. The zero-order chi connectivity index (χ0) is 22.4. The summed E-state index contributed by atoms with van der Waals surface area (Å²) in [5.74, 6) is -0.882. The Bertz CT molecular complexity index is 1080. The van der Waals surface area contributed by atoms with Gasteiger partial charge in [0.25, 0.3) is 0 Å². The molecular formula is C27H28N2O3. The molecule has 2 aromatic rings. The van der Waals surface area contributed by atoms with Gasteiger partial charge in [-0.25, -0.2) is 0 Å². The highest BCUT2D eigenvalue weighted by Gasteiger charge is 2.56. The quantitative estimate of drug-likeness (QED) is 0.667. The summed E-state index contributed by atoms with van der Waals surface area (Å²) in [5, 5.41) is 0. The van der Waals surface area contributed by atoms with Gasteiger partial charge in [0.05, 0.1) is 23.9 Å². The lowest BCUT2D eigenvalue weighted by Gasteiger charge is -2.44. The predicted molar refractivity (Wildman–Crippen MR) is 121 cm³/mol. The molecule has 2 heterocycles. The van der Waals surface area contributed by atoms with E-state index in [-0.39, 0.29) is 47.6 Å². The molecule has 3 aliphatic rings. The maximum absolute atomic E-state index is 13.6. The number of rotatable bonds is 4. The van der Waals surface area contributed by atoms with Gasteiger partial charge in [-0.1, -0.05) is 66.7 Å². The van der Waals surface area contributed by atoms with Crippen molar-refractivity contribution in [2.75, 3.05) is 0 Å². The van der Waals surface area contributed by atoms with E-state index in [0.717, 1.165) is 16.8 Å². The second kappa shape index (κ2) is 8.05. The summed E-state index contributed by atoms with van der Waals surface area (Å²) in [4.78, 5) is 43.3. The molecule has 5 heteroatoms. The van der Waals surface area contributed by atoms with E-state index < -0.39 is 0 Å². The Morgan fingerprint density at radius 3 is 1.91 bits per heavy atom. The van der Waals surface area contributed by atoms with E-state index >= 15 is 0 Å². The monoisotopic (exact) mass is 428 g/mol. The van der Waals surface area contributed by atoms with Crippen molar-refractivity contribution in [1.82, 2.24) is 9.80 Å². The van der Waals surface area contributed by atoms with E-state index in [0.29, 0.717) is 19.3 Å². The SMILES string of the molecule is C[C@H](c1ccccc1)N1C(=O)[C@@H]2[C@@H](CC=C3[C@@H]2CCC(=O)N3[C@H](C)c2ccccc2)C1=O. The number of likely N-dealkylation sites (tertiary alicyclic amines) is 2. The van der Waals surface area contributed by atoms with Crippen molar-refractivity contribution >= 4 is 17.7 Å². The molecule has 0 bridgehead atoms. The van der Waals surface area contributed by atoms with Crippen LogP contribution in [0.15, 0.2) is 72.4 Å². The largest absolute Gasteiger partial charge is 0.309 e. The maximum atomic E-state index is 13.6. The molecule has 5 atom stereocenters. The molecule has 0 saturated carbocycles. The minimum absolute atomic E-state index is 0.0776. The molecule has 0 aromatic heterocycles. The first kappa shape index (κ1) is 20.7. The lowest BCUT2D eigenvalue weighted by molar-refractivity contribution is -0.143. The molecule has 2 aromatic carbocycles. The number of amides is 3. The average Bonchev–Trinajstić information content (AvgIpc) is 3.09. The first-order valence-electron chi connectivity index (χ1n) is 11.5. The van der Waals surface area contributed by atoms with E-state index in [9.17, 15) is 14.4 Å². The number of carbonyl (C=O) groups is 3. The van der Waals surface area contributed by atoms with Gasteiger partial charge in [-0.2, -0.15) is 0 Å². The number of piperidine rings is 1. The summed E-state index contributed by atoms with van der Waals surface area (Å²) in [7, 11) is 0. The molecule has 164 valence electrons. The van der Waals surface area contributed by atoms with Crippen LogP contribution in [0.25, 0.3) is 0 Å². The Hall–Kier alpha value is -3.21. The highest BCUT2D eigenvalue weighted by molar-refractivity contribution is 6.06. The number of fused-ring (bicyclic) bond motifs is 3. The maximum Gasteiger partial charge on any atom is 0.234 e. The van der Waals surface area contributed by atoms with Crippen LogP contribution in [0.2, 0.25) is 0 Å². The third kappa shape index (κ3) is 3.19. The summed E-state index contributed by atoms with van der Waals surface area (Å²) in [5.41, 5.74) is 2.95. The van der Waals surface area contributed by atoms with Gasteiger partial charge in [0, 0.05) is 18.0 Å². The van der Waals surface area contributed by atoms with Crippen LogP contribution in [0.1, 0.15) is 56.3 Å². The second-order valence-corrected chi connectivity index (χ2v) is 9.13. The van der Waals surface area contributed by atoms with Crippen molar-refractivity contribution in [2.24, 2.45) is 17.8 Å². The number of carbonyl (C=O) groups excluding carboxylic acids is 3. The third-order valence-electron chi connectivity index (χ3n) is 7.46. The summed E-state index contributed by atoms with van der Waals surface area (Å²) < 4.78 is 0. The van der Waals surface area contributed by atoms with Crippen LogP contribution >= 0.6 is 0 Å². The Morgan fingerprint density at radius 2 is 1.31 bits per heavy atom. The fraction of sp³-hybridized carbons (Fsp3) is 0.370. The minimum atomic E-state index is -0.382. The summed E-state index contributed by atoms with van der Waals surface area (Å²) >= 11 is 0. The Morgan fingerprint density at radius 1 is 0.750 bits per heavy atom. The van der Waals surface area contributed by atoms with Crippen LogP contribution < -0.4 is 0 Å². The van der Waals surface area contributed by atoms with E-state index in [4.69, 9.17) is 0 Å². The van der Waals surface area contributed by atoms with Crippen LogP contribution in [0.3, 0.4) is 0 Å². The van der Waals surface area contributed by atoms with Crippen LogP contribution in [-0.4, -0.2) is 27.5 Å². The van der Waals surface area contributed by atoms with Gasteiger partial charge in [-0.15, -0.1) is 0 Å². The minimum Gasteiger partial charge on any atom is -0.309 e. The van der Waals surface area contributed by atoms with E-state index in [1.54, 1.807) is 0 Å². The van der Waals surface area contributed by atoms with Gasteiger partial charge >= 0.3 is 0 Å². The van der Waals surface area contributed by atoms with Crippen molar-refractivity contribution < 1.29 is 14.4 Å². The number of benzene rings is 2. The standard InChI is InChI=1S/C27H28N2O3/c1-17(19-9-5-3-6-10-19)28-23-15-13-22-25(21(23)14-16-24(28)30)27(32)29(26(22)31)18(2)20-11-7-4-8-12-20/h3-12,15,17-18,21-22,25H,13-14,16H2,1-2H3/t17-,18-,21+,22-,25+/m1/s1. The van der Waals surface area contributed by atoms with Crippen molar-refractivity contribution in [1.29, 1.82) is 0 Å². The summed E-state index contributed by atoms with van der Waals surface area (Å²) in [6, 6.07) is 19.3. The number of imide groups is 1. The smallest absolute Gasteiger partial charge is 0.234 e. The lowest BCUT2D eigenvalue weighted by atomic mass is 9.71. The molecule has 5 nitrogen and oxygen atoms in total. The van der Waals surface area contributed by atoms with Crippen LogP contribution in [0.5, 0.6) is 0 Å². The molecule has 2 aliphatic heterocycles. The van der Waals surface area contributed by atoms with Crippen LogP contribution in [0, 0.1) is 17.8 Å². The summed E-state index contributed by atoms with van der Waals surface area (Å²) in [6.07, 6.45) is 3.57. The number of allylic oxidation sites excluding steroid dienone is 2. The average molecular weight is 429 g/mol. The zero-order valence-electron chi connectivity index (χ0n) is 18.5. The molecule has 3 amide bonds. The van der Waals surface area contributed by atoms with E-state index in [1.807, 2.05) is 85.5 Å².